The Bertz CT molecular complexity index is 714. The SMILES string of the molecule is CCn1cncc1Nc1cc(C(=O)OC)ccc1NC(=O)CCl. The van der Waals surface area contributed by atoms with Crippen LogP contribution in [-0.2, 0) is 16.1 Å². The van der Waals surface area contributed by atoms with Crippen LogP contribution in [-0.4, -0.2) is 34.4 Å². The standard InChI is InChI=1S/C15H17ClN4O3/c1-3-20-9-17-8-13(20)18-12-6-10(15(22)23-2)4-5-11(12)19-14(21)7-16/h4-6,8-9,18H,3,7H2,1-2H3,(H,19,21). The topological polar surface area (TPSA) is 85.2 Å². The molecule has 2 aromatic rings. The van der Waals surface area contributed by atoms with Gasteiger partial charge < -0.3 is 19.9 Å². The summed E-state index contributed by atoms with van der Waals surface area (Å²) in [5.41, 5.74) is 1.41. The Hall–Kier alpha value is -2.54. The van der Waals surface area contributed by atoms with Gasteiger partial charge in [-0.2, -0.15) is 0 Å². The number of esters is 1. The van der Waals surface area contributed by atoms with Crippen LogP contribution in [0.25, 0.3) is 0 Å². The number of nitrogens with one attached hydrogen (secondary N) is 2. The average molecular weight is 337 g/mol. The fourth-order valence-corrected chi connectivity index (χ4v) is 2.07. The van der Waals surface area contributed by atoms with E-state index in [9.17, 15) is 9.59 Å². The van der Waals surface area contributed by atoms with Crippen molar-refractivity contribution in [3.8, 4) is 0 Å². The lowest BCUT2D eigenvalue weighted by molar-refractivity contribution is -0.113. The normalized spacial score (nSPS) is 10.2. The number of anilines is 3. The lowest BCUT2D eigenvalue weighted by Gasteiger charge is -2.14. The maximum Gasteiger partial charge on any atom is 0.337 e. The summed E-state index contributed by atoms with van der Waals surface area (Å²) in [6.07, 6.45) is 3.34. The van der Waals surface area contributed by atoms with E-state index in [1.165, 1.54) is 7.11 Å². The van der Waals surface area contributed by atoms with Gasteiger partial charge >= 0.3 is 5.97 Å². The van der Waals surface area contributed by atoms with Gasteiger partial charge in [-0.05, 0) is 25.1 Å². The first-order chi connectivity index (χ1) is 11.1. The first-order valence-electron chi connectivity index (χ1n) is 6.94. The molecule has 0 aliphatic carbocycles. The highest BCUT2D eigenvalue weighted by Gasteiger charge is 2.13. The molecule has 0 spiro atoms. The van der Waals surface area contributed by atoms with Crippen molar-refractivity contribution in [1.82, 2.24) is 9.55 Å². The van der Waals surface area contributed by atoms with Gasteiger partial charge in [0.25, 0.3) is 0 Å². The number of hydrogen-bond acceptors (Lipinski definition) is 5. The minimum absolute atomic E-state index is 0.162. The van der Waals surface area contributed by atoms with Gasteiger partial charge in [-0.15, -0.1) is 11.6 Å². The Balaban J connectivity index is 2.39. The van der Waals surface area contributed by atoms with Crippen molar-refractivity contribution in [2.24, 2.45) is 0 Å². The van der Waals surface area contributed by atoms with Crippen molar-refractivity contribution in [1.29, 1.82) is 0 Å². The molecule has 8 heteroatoms. The Morgan fingerprint density at radius 3 is 2.78 bits per heavy atom. The lowest BCUT2D eigenvalue weighted by Crippen LogP contribution is -2.14. The summed E-state index contributed by atoms with van der Waals surface area (Å²) in [7, 11) is 1.31. The number of rotatable bonds is 6. The molecule has 1 aromatic carbocycles. The molecule has 1 amide bonds. The molecule has 122 valence electrons. The van der Waals surface area contributed by atoms with Crippen molar-refractivity contribution in [2.75, 3.05) is 23.6 Å². The van der Waals surface area contributed by atoms with Crippen LogP contribution in [0.1, 0.15) is 17.3 Å². The van der Waals surface area contributed by atoms with Gasteiger partial charge in [0.2, 0.25) is 5.91 Å². The van der Waals surface area contributed by atoms with Crippen molar-refractivity contribution < 1.29 is 14.3 Å². The van der Waals surface area contributed by atoms with Gasteiger partial charge in [-0.3, -0.25) is 4.79 Å². The highest BCUT2D eigenvalue weighted by molar-refractivity contribution is 6.29. The zero-order chi connectivity index (χ0) is 16.8. The molecule has 0 atom stereocenters. The quantitative estimate of drug-likeness (QED) is 0.625. The zero-order valence-corrected chi connectivity index (χ0v) is 13.6. The van der Waals surface area contributed by atoms with Crippen LogP contribution in [0.3, 0.4) is 0 Å². The molecular formula is C15H17ClN4O3. The molecular weight excluding hydrogens is 320 g/mol. The van der Waals surface area contributed by atoms with E-state index >= 15 is 0 Å². The number of hydrogen-bond donors (Lipinski definition) is 2. The number of aryl methyl sites for hydroxylation is 1. The summed E-state index contributed by atoms with van der Waals surface area (Å²) in [6.45, 7) is 2.70. The van der Waals surface area contributed by atoms with E-state index in [-0.39, 0.29) is 11.8 Å². The van der Waals surface area contributed by atoms with Gasteiger partial charge in [0.15, 0.2) is 0 Å². The Morgan fingerprint density at radius 2 is 2.13 bits per heavy atom. The minimum atomic E-state index is -0.465. The number of imidazole rings is 1. The maximum absolute atomic E-state index is 11.7. The van der Waals surface area contributed by atoms with Gasteiger partial charge in [-0.1, -0.05) is 0 Å². The lowest BCUT2D eigenvalue weighted by atomic mass is 10.1. The van der Waals surface area contributed by atoms with Gasteiger partial charge in [0.05, 0.1) is 36.6 Å². The monoisotopic (exact) mass is 336 g/mol. The van der Waals surface area contributed by atoms with Crippen LogP contribution in [0, 0.1) is 0 Å². The smallest absolute Gasteiger partial charge is 0.337 e. The summed E-state index contributed by atoms with van der Waals surface area (Å²) in [4.78, 5) is 27.3. The summed E-state index contributed by atoms with van der Waals surface area (Å²) < 4.78 is 6.61. The molecule has 2 rings (SSSR count). The number of carbonyl (C=O) groups is 2. The van der Waals surface area contributed by atoms with Crippen molar-refractivity contribution in [3.63, 3.8) is 0 Å². The number of amides is 1. The van der Waals surface area contributed by atoms with Crippen LogP contribution in [0.5, 0.6) is 0 Å². The first-order valence-corrected chi connectivity index (χ1v) is 7.47. The molecule has 0 unspecified atom stereocenters. The average Bonchev–Trinajstić information content (AvgIpc) is 3.02. The van der Waals surface area contributed by atoms with Crippen LogP contribution >= 0.6 is 11.6 Å². The predicted molar refractivity (Wildman–Crippen MR) is 88.3 cm³/mol. The number of carbonyl (C=O) groups excluding carboxylic acids is 2. The molecule has 0 aliphatic rings. The third-order valence-electron chi connectivity index (χ3n) is 3.15. The maximum atomic E-state index is 11.7. The van der Waals surface area contributed by atoms with Crippen molar-refractivity contribution >= 4 is 40.7 Å². The number of methoxy groups -OCH3 is 1. The van der Waals surface area contributed by atoms with E-state index in [0.29, 0.717) is 16.9 Å². The number of ether oxygens (including phenoxy) is 1. The molecule has 23 heavy (non-hydrogen) atoms. The van der Waals surface area contributed by atoms with E-state index in [1.807, 2.05) is 11.5 Å². The second-order valence-corrected chi connectivity index (χ2v) is 4.89. The number of aromatic nitrogens is 2. The third kappa shape index (κ3) is 4.01. The minimum Gasteiger partial charge on any atom is -0.465 e. The molecule has 1 heterocycles. The van der Waals surface area contributed by atoms with Gasteiger partial charge in [-0.25, -0.2) is 9.78 Å². The molecule has 0 aliphatic heterocycles. The Labute approximate surface area is 138 Å². The van der Waals surface area contributed by atoms with Gasteiger partial charge in [0, 0.05) is 6.54 Å². The number of alkyl halides is 1. The van der Waals surface area contributed by atoms with Crippen LogP contribution in [0.15, 0.2) is 30.7 Å². The van der Waals surface area contributed by atoms with Crippen LogP contribution in [0.2, 0.25) is 0 Å². The summed E-state index contributed by atoms with van der Waals surface area (Å²) in [5.74, 6) is -0.238. The summed E-state index contributed by atoms with van der Waals surface area (Å²) in [6, 6.07) is 4.78. The third-order valence-corrected chi connectivity index (χ3v) is 3.39. The molecule has 0 fully saturated rings. The molecule has 0 bridgehead atoms. The molecule has 0 radical (unpaired) electrons. The number of halogens is 1. The van der Waals surface area contributed by atoms with E-state index in [0.717, 1.165) is 12.4 Å². The highest BCUT2D eigenvalue weighted by atomic mass is 35.5. The van der Waals surface area contributed by atoms with E-state index in [2.05, 4.69) is 15.6 Å². The highest BCUT2D eigenvalue weighted by Crippen LogP contribution is 2.27. The van der Waals surface area contributed by atoms with Crippen LogP contribution in [0.4, 0.5) is 17.2 Å². The van der Waals surface area contributed by atoms with E-state index in [1.54, 1.807) is 30.7 Å². The fraction of sp³-hybridized carbons (Fsp3) is 0.267. The second kappa shape index (κ2) is 7.64. The van der Waals surface area contributed by atoms with E-state index < -0.39 is 5.97 Å². The Morgan fingerprint density at radius 1 is 1.35 bits per heavy atom. The second-order valence-electron chi connectivity index (χ2n) is 4.62. The Kier molecular flexibility index (Phi) is 5.59. The number of nitrogens with zero attached hydrogens (tertiary/aromatic N) is 2. The fourth-order valence-electron chi connectivity index (χ4n) is 2.00. The van der Waals surface area contributed by atoms with Crippen molar-refractivity contribution in [3.05, 3.63) is 36.3 Å². The van der Waals surface area contributed by atoms with Gasteiger partial charge in [0.1, 0.15) is 11.7 Å². The number of benzene rings is 1. The largest absolute Gasteiger partial charge is 0.465 e. The predicted octanol–water partition coefficient (Wildman–Crippen LogP) is 2.61. The first kappa shape index (κ1) is 16.8. The molecule has 0 saturated heterocycles. The molecule has 7 nitrogen and oxygen atoms in total. The summed E-state index contributed by atoms with van der Waals surface area (Å²) >= 11 is 5.53. The van der Waals surface area contributed by atoms with Crippen molar-refractivity contribution in [2.45, 2.75) is 13.5 Å². The van der Waals surface area contributed by atoms with E-state index in [4.69, 9.17) is 16.3 Å². The molecule has 0 saturated carbocycles. The molecule has 1 aromatic heterocycles. The summed E-state index contributed by atoms with van der Waals surface area (Å²) in [5, 5.41) is 5.83. The van der Waals surface area contributed by atoms with Crippen LogP contribution < -0.4 is 10.6 Å². The molecule has 2 N–H and O–H groups in total. The zero-order valence-electron chi connectivity index (χ0n) is 12.8.